The van der Waals surface area contributed by atoms with E-state index in [9.17, 15) is 43.9 Å². The van der Waals surface area contributed by atoms with Crippen molar-refractivity contribution in [1.29, 1.82) is 0 Å². The molecule has 2 atom stereocenters. The van der Waals surface area contributed by atoms with Gasteiger partial charge in [-0.1, -0.05) is 12.1 Å². The fraction of sp³-hybridized carbons (Fsp3) is 0.351. The lowest BCUT2D eigenvalue weighted by Crippen LogP contribution is -2.49. The summed E-state index contributed by atoms with van der Waals surface area (Å²) in [4.78, 5) is 18.5. The van der Waals surface area contributed by atoms with Crippen LogP contribution in [0, 0.1) is 11.6 Å². The smallest absolute Gasteiger partial charge is 0.419 e. The first-order valence-corrected chi connectivity index (χ1v) is 18.4. The number of methoxy groups -OCH3 is 5. The third kappa shape index (κ3) is 8.95. The number of nitrogens with one attached hydrogen (secondary N) is 1. The first-order chi connectivity index (χ1) is 27.4. The fourth-order valence-corrected chi connectivity index (χ4v) is 7.69. The zero-order chi connectivity index (χ0) is 42.6. The quantitative estimate of drug-likeness (QED) is 0.123. The summed E-state index contributed by atoms with van der Waals surface area (Å²) in [6.45, 7) is -5.56. The average molecular weight is 847 g/mol. The van der Waals surface area contributed by atoms with E-state index >= 15 is 0 Å². The second-order valence-corrected chi connectivity index (χ2v) is 14.5. The van der Waals surface area contributed by atoms with E-state index in [1.54, 1.807) is 36.4 Å². The lowest BCUT2D eigenvalue weighted by molar-refractivity contribution is -0.261. The number of anilines is 2. The number of carbonyl (C=O) groups excluding carboxylic acids is 1. The lowest BCUT2D eigenvalue weighted by Gasteiger charge is -2.31. The van der Waals surface area contributed by atoms with Crippen molar-refractivity contribution in [2.45, 2.75) is 49.0 Å². The Bertz CT molecular complexity index is 2180. The van der Waals surface area contributed by atoms with Crippen LogP contribution in [0.5, 0.6) is 28.7 Å². The maximum Gasteiger partial charge on any atom is 0.419 e. The van der Waals surface area contributed by atoms with E-state index in [2.05, 4.69) is 15.0 Å². The Labute approximate surface area is 328 Å². The molecule has 1 aromatic heterocycles. The third-order valence-electron chi connectivity index (χ3n) is 9.37. The van der Waals surface area contributed by atoms with Crippen molar-refractivity contribution in [2.24, 2.45) is 0 Å². The van der Waals surface area contributed by atoms with Gasteiger partial charge in [-0.15, -0.1) is 0 Å². The van der Waals surface area contributed by atoms with Gasteiger partial charge < -0.3 is 38.6 Å². The monoisotopic (exact) mass is 846 g/mol. The van der Waals surface area contributed by atoms with E-state index in [1.165, 1.54) is 28.4 Å². The van der Waals surface area contributed by atoms with Crippen LogP contribution in [0.25, 0.3) is 0 Å². The second-order valence-electron chi connectivity index (χ2n) is 12.6. The normalized spacial score (nSPS) is 17.1. The summed E-state index contributed by atoms with van der Waals surface area (Å²) in [6.07, 6.45) is -5.28. The summed E-state index contributed by atoms with van der Waals surface area (Å²) in [5.74, 6) is -4.84. The Hall–Kier alpha value is -5.54. The van der Waals surface area contributed by atoms with Gasteiger partial charge in [-0.25, -0.2) is 17.8 Å². The number of sulfonamides is 1. The van der Waals surface area contributed by atoms with Crippen LogP contribution in [-0.4, -0.2) is 90.1 Å². The molecule has 4 aromatic rings. The van der Waals surface area contributed by atoms with E-state index in [4.69, 9.17) is 23.7 Å². The fourth-order valence-electron chi connectivity index (χ4n) is 6.33. The van der Waals surface area contributed by atoms with E-state index in [1.807, 2.05) is 0 Å². The minimum atomic E-state index is -5.15. The van der Waals surface area contributed by atoms with Gasteiger partial charge in [0, 0.05) is 67.8 Å². The van der Waals surface area contributed by atoms with Crippen LogP contribution in [0.2, 0.25) is 0 Å². The van der Waals surface area contributed by atoms with E-state index in [-0.39, 0.29) is 30.3 Å². The molecule has 1 aliphatic heterocycles. The van der Waals surface area contributed by atoms with Crippen molar-refractivity contribution in [3.63, 3.8) is 0 Å². The number of aromatic nitrogens is 1. The highest BCUT2D eigenvalue weighted by Gasteiger charge is 2.63. The molecule has 1 N–H and O–H groups in total. The number of benzene rings is 3. The minimum absolute atomic E-state index is 0.265. The maximum absolute atomic E-state index is 14.8. The number of carbonyl (C=O) groups is 1. The number of amides is 1. The van der Waals surface area contributed by atoms with Crippen LogP contribution in [0.4, 0.5) is 42.1 Å². The Kier molecular flexibility index (Phi) is 13.2. The Balaban J connectivity index is 1.53. The molecule has 2 heterocycles. The van der Waals surface area contributed by atoms with E-state index < -0.39 is 81.4 Å². The summed E-state index contributed by atoms with van der Waals surface area (Å²) >= 11 is 0. The molecule has 2 unspecified atom stereocenters. The first-order valence-electron chi connectivity index (χ1n) is 16.9. The standard InChI is InChI=1S/C37H37F7N4O9S/c1-52-24-8-6-21(29(15-24)54-3)18-47(19-22-7-9-25(53-2)16-30(22)55-4)58(50,51)31-14-23(12-13-45-31)46-34(49)28-17-36(56-5,37(42,43)44)20-48(28)27-11-10-26(38)32(39)33(27)57-35(40)41/h6-16,28,35H,17-20H2,1-5H3,(H,45,46,49). The highest BCUT2D eigenvalue weighted by molar-refractivity contribution is 7.89. The lowest BCUT2D eigenvalue weighted by atomic mass is 9.99. The Morgan fingerprint density at radius 2 is 1.48 bits per heavy atom. The van der Waals surface area contributed by atoms with Crippen LogP contribution in [0.15, 0.2) is 71.9 Å². The highest BCUT2D eigenvalue weighted by atomic mass is 32.2. The Morgan fingerprint density at radius 3 is 1.98 bits per heavy atom. The van der Waals surface area contributed by atoms with Crippen molar-refractivity contribution in [3.8, 4) is 28.7 Å². The van der Waals surface area contributed by atoms with Crippen LogP contribution < -0.4 is 33.9 Å². The number of nitrogens with zero attached hydrogens (tertiary/aromatic N) is 3. The zero-order valence-corrected chi connectivity index (χ0v) is 32.2. The largest absolute Gasteiger partial charge is 0.497 e. The second kappa shape index (κ2) is 17.5. The molecule has 0 bridgehead atoms. The minimum Gasteiger partial charge on any atom is -0.497 e. The summed E-state index contributed by atoms with van der Waals surface area (Å²) in [7, 11) is 1.73. The van der Waals surface area contributed by atoms with Crippen LogP contribution >= 0.6 is 0 Å². The maximum atomic E-state index is 14.8. The van der Waals surface area contributed by atoms with Crippen LogP contribution in [0.1, 0.15) is 17.5 Å². The van der Waals surface area contributed by atoms with Gasteiger partial charge in [0.1, 0.15) is 29.0 Å². The molecule has 0 spiro atoms. The molecule has 0 aliphatic carbocycles. The van der Waals surface area contributed by atoms with Crippen LogP contribution in [0.3, 0.4) is 0 Å². The number of alkyl halides is 5. The zero-order valence-electron chi connectivity index (χ0n) is 31.4. The molecule has 3 aromatic carbocycles. The molecule has 1 amide bonds. The summed E-state index contributed by atoms with van der Waals surface area (Å²) in [5, 5.41) is 1.74. The molecule has 1 saturated heterocycles. The summed E-state index contributed by atoms with van der Waals surface area (Å²) < 4.78 is 160. The van der Waals surface area contributed by atoms with Gasteiger partial charge in [-0.05, 0) is 30.3 Å². The number of rotatable bonds is 16. The van der Waals surface area contributed by atoms with Crippen LogP contribution in [-0.2, 0) is 32.6 Å². The van der Waals surface area contributed by atoms with Gasteiger partial charge in [0.15, 0.2) is 22.2 Å². The molecule has 1 aliphatic rings. The molecule has 0 radical (unpaired) electrons. The topological polar surface area (TPSA) is 138 Å². The van der Waals surface area contributed by atoms with Gasteiger partial charge >= 0.3 is 12.8 Å². The molecular weight excluding hydrogens is 809 g/mol. The van der Waals surface area contributed by atoms with E-state index in [0.29, 0.717) is 46.8 Å². The Morgan fingerprint density at radius 1 is 0.897 bits per heavy atom. The predicted molar refractivity (Wildman–Crippen MR) is 193 cm³/mol. The van der Waals surface area contributed by atoms with Gasteiger partial charge in [0.05, 0.1) is 40.7 Å². The van der Waals surface area contributed by atoms with Crippen molar-refractivity contribution in [1.82, 2.24) is 9.29 Å². The molecule has 1 fully saturated rings. The van der Waals surface area contributed by atoms with Gasteiger partial charge in [-0.3, -0.25) is 4.79 Å². The third-order valence-corrected chi connectivity index (χ3v) is 11.1. The van der Waals surface area contributed by atoms with Crippen molar-refractivity contribution in [2.75, 3.05) is 52.3 Å². The van der Waals surface area contributed by atoms with E-state index in [0.717, 1.165) is 22.6 Å². The molecule has 314 valence electrons. The summed E-state index contributed by atoms with van der Waals surface area (Å²) in [5.41, 5.74) is -3.36. The molecule has 5 rings (SSSR count). The molecule has 0 saturated carbocycles. The number of hydrogen-bond donors (Lipinski definition) is 1. The van der Waals surface area contributed by atoms with Crippen molar-refractivity contribution >= 4 is 27.3 Å². The molecule has 21 heteroatoms. The highest BCUT2D eigenvalue weighted by Crippen LogP contribution is 2.47. The molecule has 58 heavy (non-hydrogen) atoms. The number of pyridine rings is 1. The molecule has 13 nitrogen and oxygen atoms in total. The van der Waals surface area contributed by atoms with Gasteiger partial charge in [0.2, 0.25) is 11.7 Å². The SMILES string of the molecule is COc1ccc(CN(Cc2ccc(OC)cc2OC)S(=O)(=O)c2cc(NC(=O)C3CC(OC)(C(F)(F)F)CN3c3ccc(F)c(F)c3OC(F)F)ccn2)c(OC)c1. The number of halogens is 7. The summed E-state index contributed by atoms with van der Waals surface area (Å²) in [6, 6.07) is 10.8. The molecular formula is C37H37F7N4O9S. The first kappa shape index (κ1) is 43.6. The van der Waals surface area contributed by atoms with Crippen molar-refractivity contribution in [3.05, 3.63) is 89.6 Å². The predicted octanol–water partition coefficient (Wildman–Crippen LogP) is 6.55. The van der Waals surface area contributed by atoms with Crippen molar-refractivity contribution < 1.29 is 72.4 Å². The average Bonchev–Trinajstić information content (AvgIpc) is 3.61. The van der Waals surface area contributed by atoms with Gasteiger partial charge in [0.25, 0.3) is 10.0 Å². The number of ether oxygens (including phenoxy) is 6. The number of hydrogen-bond acceptors (Lipinski definition) is 11. The van der Waals surface area contributed by atoms with Gasteiger partial charge in [-0.2, -0.15) is 30.6 Å².